The predicted octanol–water partition coefficient (Wildman–Crippen LogP) is 2.61. The first kappa shape index (κ1) is 14.7. The largest absolute Gasteiger partial charge is 0.326 e. The molecule has 1 heterocycles. The van der Waals surface area contributed by atoms with Gasteiger partial charge in [0.05, 0.1) is 0 Å². The maximum Gasteiger partial charge on any atom is 0.224 e. The highest BCUT2D eigenvalue weighted by Crippen LogP contribution is 2.17. The van der Waals surface area contributed by atoms with Gasteiger partial charge in [0.15, 0.2) is 5.78 Å². The lowest BCUT2D eigenvalue weighted by Crippen LogP contribution is -2.30. The summed E-state index contributed by atoms with van der Waals surface area (Å²) in [6, 6.07) is 7.08. The maximum absolute atomic E-state index is 11.9. The minimum Gasteiger partial charge on any atom is -0.326 e. The Morgan fingerprint density at radius 3 is 2.95 bits per heavy atom. The molecular weight excluding hydrogens is 252 g/mol. The number of amides is 1. The highest BCUT2D eigenvalue weighted by Gasteiger charge is 2.14. The molecule has 1 fully saturated rings. The van der Waals surface area contributed by atoms with E-state index < -0.39 is 0 Å². The molecule has 0 spiro atoms. The van der Waals surface area contributed by atoms with E-state index in [4.69, 9.17) is 0 Å². The van der Waals surface area contributed by atoms with Crippen molar-refractivity contribution in [3.8, 4) is 0 Å². The summed E-state index contributed by atoms with van der Waals surface area (Å²) in [5.74, 6) is 0.642. The van der Waals surface area contributed by atoms with Crippen LogP contribution in [0.5, 0.6) is 0 Å². The molecule has 2 N–H and O–H groups in total. The normalized spacial score (nSPS) is 18.6. The fourth-order valence-electron chi connectivity index (χ4n) is 2.55. The van der Waals surface area contributed by atoms with Crippen molar-refractivity contribution in [3.05, 3.63) is 29.8 Å². The Morgan fingerprint density at radius 1 is 1.40 bits per heavy atom. The van der Waals surface area contributed by atoms with Crippen LogP contribution >= 0.6 is 0 Å². The van der Waals surface area contributed by atoms with Crippen LogP contribution in [0, 0.1) is 5.92 Å². The molecule has 4 heteroatoms. The highest BCUT2D eigenvalue weighted by atomic mass is 16.1. The summed E-state index contributed by atoms with van der Waals surface area (Å²) in [6.07, 6.45) is 3.87. The van der Waals surface area contributed by atoms with E-state index in [2.05, 4.69) is 10.6 Å². The minimum atomic E-state index is 0.00868. The van der Waals surface area contributed by atoms with Crippen LogP contribution in [0.4, 0.5) is 5.69 Å². The standard InChI is InChI=1S/C16H22N2O2/c1-12(19)14-5-2-6-15(10-14)18-16(20)8-7-13-4-3-9-17-11-13/h2,5-6,10,13,17H,3-4,7-9,11H2,1H3,(H,18,20). The number of piperidine rings is 1. The van der Waals surface area contributed by atoms with Gasteiger partial charge in [0.25, 0.3) is 0 Å². The van der Waals surface area contributed by atoms with Crippen LogP contribution in [-0.4, -0.2) is 24.8 Å². The first-order chi connectivity index (χ1) is 9.65. The van der Waals surface area contributed by atoms with Crippen LogP contribution in [0.25, 0.3) is 0 Å². The Morgan fingerprint density at radius 2 is 2.25 bits per heavy atom. The van der Waals surface area contributed by atoms with Gasteiger partial charge in [0.2, 0.25) is 5.91 Å². The van der Waals surface area contributed by atoms with Gasteiger partial charge in [-0.25, -0.2) is 0 Å². The molecule has 0 saturated carbocycles. The van der Waals surface area contributed by atoms with Gasteiger partial charge in [0.1, 0.15) is 0 Å². The first-order valence-electron chi connectivity index (χ1n) is 7.27. The molecular formula is C16H22N2O2. The Bertz CT molecular complexity index is 479. The lowest BCUT2D eigenvalue weighted by Gasteiger charge is -2.22. The topological polar surface area (TPSA) is 58.2 Å². The second kappa shape index (κ2) is 7.20. The van der Waals surface area contributed by atoms with Gasteiger partial charge in [-0.3, -0.25) is 9.59 Å². The summed E-state index contributed by atoms with van der Waals surface area (Å²) >= 11 is 0. The van der Waals surface area contributed by atoms with E-state index in [1.807, 2.05) is 6.07 Å². The van der Waals surface area contributed by atoms with Crippen LogP contribution in [0.15, 0.2) is 24.3 Å². The van der Waals surface area contributed by atoms with E-state index >= 15 is 0 Å². The molecule has 20 heavy (non-hydrogen) atoms. The number of carbonyl (C=O) groups is 2. The number of ketones is 1. The smallest absolute Gasteiger partial charge is 0.224 e. The summed E-state index contributed by atoms with van der Waals surface area (Å²) in [4.78, 5) is 23.2. The molecule has 1 aromatic carbocycles. The van der Waals surface area contributed by atoms with E-state index in [0.29, 0.717) is 23.6 Å². The van der Waals surface area contributed by atoms with Crippen molar-refractivity contribution >= 4 is 17.4 Å². The zero-order valence-corrected chi connectivity index (χ0v) is 11.9. The number of nitrogens with one attached hydrogen (secondary N) is 2. The van der Waals surface area contributed by atoms with Crippen molar-refractivity contribution in [2.45, 2.75) is 32.6 Å². The first-order valence-corrected chi connectivity index (χ1v) is 7.27. The summed E-state index contributed by atoms with van der Waals surface area (Å²) in [5.41, 5.74) is 1.32. The van der Waals surface area contributed by atoms with E-state index in [1.54, 1.807) is 18.2 Å². The Hall–Kier alpha value is -1.68. The average molecular weight is 274 g/mol. The fraction of sp³-hybridized carbons (Fsp3) is 0.500. The lowest BCUT2D eigenvalue weighted by molar-refractivity contribution is -0.116. The SMILES string of the molecule is CC(=O)c1cccc(NC(=O)CCC2CCCNC2)c1. The van der Waals surface area contributed by atoms with Gasteiger partial charge in [-0.15, -0.1) is 0 Å². The summed E-state index contributed by atoms with van der Waals surface area (Å²) in [7, 11) is 0. The third-order valence-electron chi connectivity index (χ3n) is 3.73. The number of benzene rings is 1. The second-order valence-electron chi connectivity index (χ2n) is 5.44. The maximum atomic E-state index is 11.9. The number of hydrogen-bond donors (Lipinski definition) is 2. The molecule has 2 rings (SSSR count). The minimum absolute atomic E-state index is 0.00868. The molecule has 0 aliphatic carbocycles. The van der Waals surface area contributed by atoms with Gasteiger partial charge >= 0.3 is 0 Å². The molecule has 1 aliphatic heterocycles. The van der Waals surface area contributed by atoms with Crippen molar-refractivity contribution < 1.29 is 9.59 Å². The molecule has 0 aromatic heterocycles. The monoisotopic (exact) mass is 274 g/mol. The Balaban J connectivity index is 1.81. The fourth-order valence-corrected chi connectivity index (χ4v) is 2.55. The average Bonchev–Trinajstić information content (AvgIpc) is 2.46. The molecule has 1 aromatic rings. The third kappa shape index (κ3) is 4.46. The number of carbonyl (C=O) groups excluding carboxylic acids is 2. The quantitative estimate of drug-likeness (QED) is 0.811. The molecule has 4 nitrogen and oxygen atoms in total. The predicted molar refractivity (Wildman–Crippen MR) is 79.9 cm³/mol. The highest BCUT2D eigenvalue weighted by molar-refractivity contribution is 5.97. The molecule has 1 saturated heterocycles. The van der Waals surface area contributed by atoms with Gasteiger partial charge < -0.3 is 10.6 Å². The number of anilines is 1. The van der Waals surface area contributed by atoms with Crippen LogP contribution in [0.3, 0.4) is 0 Å². The van der Waals surface area contributed by atoms with E-state index in [0.717, 1.165) is 19.5 Å². The molecule has 1 amide bonds. The van der Waals surface area contributed by atoms with Crippen molar-refractivity contribution in [1.82, 2.24) is 5.32 Å². The van der Waals surface area contributed by atoms with Gasteiger partial charge in [-0.05, 0) is 57.3 Å². The summed E-state index contributed by atoms with van der Waals surface area (Å²) < 4.78 is 0. The van der Waals surface area contributed by atoms with Crippen molar-refractivity contribution in [2.24, 2.45) is 5.92 Å². The Labute approximate surface area is 119 Å². The van der Waals surface area contributed by atoms with E-state index in [-0.39, 0.29) is 11.7 Å². The van der Waals surface area contributed by atoms with Crippen LogP contribution in [0.2, 0.25) is 0 Å². The number of hydrogen-bond acceptors (Lipinski definition) is 3. The van der Waals surface area contributed by atoms with Crippen molar-refractivity contribution in [2.75, 3.05) is 18.4 Å². The molecule has 1 aliphatic rings. The van der Waals surface area contributed by atoms with Crippen molar-refractivity contribution in [3.63, 3.8) is 0 Å². The lowest BCUT2D eigenvalue weighted by atomic mass is 9.94. The van der Waals surface area contributed by atoms with Crippen molar-refractivity contribution in [1.29, 1.82) is 0 Å². The summed E-state index contributed by atoms with van der Waals surface area (Å²) in [5, 5.41) is 6.22. The third-order valence-corrected chi connectivity index (χ3v) is 3.73. The van der Waals surface area contributed by atoms with Crippen LogP contribution in [-0.2, 0) is 4.79 Å². The molecule has 1 unspecified atom stereocenters. The van der Waals surface area contributed by atoms with E-state index in [9.17, 15) is 9.59 Å². The van der Waals surface area contributed by atoms with Gasteiger partial charge in [-0.2, -0.15) is 0 Å². The molecule has 0 bridgehead atoms. The van der Waals surface area contributed by atoms with Crippen LogP contribution < -0.4 is 10.6 Å². The molecule has 0 radical (unpaired) electrons. The van der Waals surface area contributed by atoms with E-state index in [1.165, 1.54) is 19.8 Å². The second-order valence-corrected chi connectivity index (χ2v) is 5.44. The number of Topliss-reactive ketones (excluding diaryl/α,β-unsaturated/α-hetero) is 1. The summed E-state index contributed by atoms with van der Waals surface area (Å²) in [6.45, 7) is 3.64. The van der Waals surface area contributed by atoms with Gasteiger partial charge in [0, 0.05) is 17.7 Å². The zero-order chi connectivity index (χ0) is 14.4. The molecule has 1 atom stereocenters. The molecule has 108 valence electrons. The van der Waals surface area contributed by atoms with Gasteiger partial charge in [-0.1, -0.05) is 12.1 Å². The zero-order valence-electron chi connectivity index (χ0n) is 11.9. The number of rotatable bonds is 5. The van der Waals surface area contributed by atoms with Crippen LogP contribution in [0.1, 0.15) is 43.0 Å². The Kier molecular flexibility index (Phi) is 5.30.